The van der Waals surface area contributed by atoms with Crippen molar-refractivity contribution in [2.45, 2.75) is 52.1 Å². The molecule has 21 heavy (non-hydrogen) atoms. The van der Waals surface area contributed by atoms with Crippen molar-refractivity contribution in [3.05, 3.63) is 29.8 Å². The lowest BCUT2D eigenvalue weighted by Crippen LogP contribution is -2.55. The third-order valence-corrected chi connectivity index (χ3v) is 3.62. The van der Waals surface area contributed by atoms with Crippen molar-refractivity contribution in [1.29, 1.82) is 0 Å². The van der Waals surface area contributed by atoms with Gasteiger partial charge in [-0.1, -0.05) is 19.1 Å². The van der Waals surface area contributed by atoms with Gasteiger partial charge in [-0.2, -0.15) is 0 Å². The van der Waals surface area contributed by atoms with Gasteiger partial charge in [-0.15, -0.1) is 0 Å². The predicted molar refractivity (Wildman–Crippen MR) is 84.6 cm³/mol. The van der Waals surface area contributed by atoms with Gasteiger partial charge in [0.15, 0.2) is 0 Å². The van der Waals surface area contributed by atoms with E-state index in [4.69, 9.17) is 9.47 Å². The van der Waals surface area contributed by atoms with Crippen molar-refractivity contribution in [1.82, 2.24) is 5.32 Å². The van der Waals surface area contributed by atoms with Gasteiger partial charge in [-0.05, 0) is 44.9 Å². The second kappa shape index (κ2) is 8.03. The maximum atomic E-state index is 12.3. The van der Waals surface area contributed by atoms with Crippen LogP contribution in [0.4, 0.5) is 0 Å². The highest BCUT2D eigenvalue weighted by molar-refractivity contribution is 5.80. The van der Waals surface area contributed by atoms with E-state index in [0.717, 1.165) is 17.7 Å². The zero-order valence-corrected chi connectivity index (χ0v) is 13.7. The van der Waals surface area contributed by atoms with E-state index in [9.17, 15) is 4.79 Å². The molecule has 2 unspecified atom stereocenters. The molecule has 0 saturated heterocycles. The highest BCUT2D eigenvalue weighted by Gasteiger charge is 2.35. The van der Waals surface area contributed by atoms with Crippen LogP contribution in [-0.4, -0.2) is 31.3 Å². The average Bonchev–Trinajstić information content (AvgIpc) is 2.48. The van der Waals surface area contributed by atoms with Gasteiger partial charge in [-0.25, -0.2) is 0 Å². The van der Waals surface area contributed by atoms with Crippen molar-refractivity contribution in [2.24, 2.45) is 0 Å². The molecule has 0 saturated carbocycles. The zero-order chi connectivity index (χ0) is 15.9. The van der Waals surface area contributed by atoms with Gasteiger partial charge in [-0.3, -0.25) is 10.1 Å². The average molecular weight is 293 g/mol. The third kappa shape index (κ3) is 5.05. The zero-order valence-electron chi connectivity index (χ0n) is 13.7. The molecule has 1 aromatic rings. The minimum absolute atomic E-state index is 0.207. The Balaban J connectivity index is 2.91. The van der Waals surface area contributed by atoms with Crippen LogP contribution in [0, 0.1) is 0 Å². The Morgan fingerprint density at radius 2 is 1.90 bits per heavy atom. The summed E-state index contributed by atoms with van der Waals surface area (Å²) in [5.41, 5.74) is 0.349. The molecule has 0 aliphatic heterocycles. The molecule has 4 nitrogen and oxygen atoms in total. The lowest BCUT2D eigenvalue weighted by molar-refractivity contribution is -0.150. The van der Waals surface area contributed by atoms with Crippen LogP contribution in [0.2, 0.25) is 0 Å². The fraction of sp³-hybridized carbons (Fsp3) is 0.588. The van der Waals surface area contributed by atoms with Crippen LogP contribution >= 0.6 is 0 Å². The Hall–Kier alpha value is -1.55. The number of hydrogen-bond donors (Lipinski definition) is 1. The molecule has 1 aromatic carbocycles. The van der Waals surface area contributed by atoms with Gasteiger partial charge in [0.25, 0.3) is 0 Å². The molecule has 1 rings (SSSR count). The Morgan fingerprint density at radius 1 is 1.29 bits per heavy atom. The number of carbonyl (C=O) groups is 1. The Labute approximate surface area is 127 Å². The van der Waals surface area contributed by atoms with E-state index in [2.05, 4.69) is 19.2 Å². The van der Waals surface area contributed by atoms with E-state index in [-0.39, 0.29) is 12.0 Å². The predicted octanol–water partition coefficient (Wildman–Crippen LogP) is 2.95. The van der Waals surface area contributed by atoms with Crippen molar-refractivity contribution in [2.75, 3.05) is 13.7 Å². The molecule has 0 aliphatic rings. The SMILES string of the molecule is CCOC(=O)C(C)(Cc1ccc(OC)cc1)NC(C)CC. The summed E-state index contributed by atoms with van der Waals surface area (Å²) in [4.78, 5) is 12.3. The first-order valence-corrected chi connectivity index (χ1v) is 7.53. The van der Waals surface area contributed by atoms with E-state index in [1.807, 2.05) is 38.1 Å². The smallest absolute Gasteiger partial charge is 0.326 e. The molecule has 0 spiro atoms. The van der Waals surface area contributed by atoms with Crippen molar-refractivity contribution >= 4 is 5.97 Å². The molecule has 0 bridgehead atoms. The van der Waals surface area contributed by atoms with Gasteiger partial charge < -0.3 is 9.47 Å². The molecule has 0 heterocycles. The molecule has 4 heteroatoms. The van der Waals surface area contributed by atoms with Gasteiger partial charge in [0, 0.05) is 12.5 Å². The fourth-order valence-electron chi connectivity index (χ4n) is 2.27. The van der Waals surface area contributed by atoms with Crippen LogP contribution in [0.1, 0.15) is 39.7 Å². The quantitative estimate of drug-likeness (QED) is 0.749. The van der Waals surface area contributed by atoms with Crippen molar-refractivity contribution < 1.29 is 14.3 Å². The summed E-state index contributed by atoms with van der Waals surface area (Å²) in [6, 6.07) is 8.02. The normalized spacial score (nSPS) is 15.1. The molecule has 0 amide bonds. The molecule has 0 aromatic heterocycles. The molecule has 0 radical (unpaired) electrons. The van der Waals surface area contributed by atoms with Gasteiger partial charge in [0.05, 0.1) is 13.7 Å². The number of methoxy groups -OCH3 is 1. The van der Waals surface area contributed by atoms with Crippen LogP contribution in [-0.2, 0) is 16.0 Å². The van der Waals surface area contributed by atoms with Gasteiger partial charge >= 0.3 is 5.97 Å². The van der Waals surface area contributed by atoms with E-state index in [1.54, 1.807) is 7.11 Å². The number of nitrogens with one attached hydrogen (secondary N) is 1. The van der Waals surface area contributed by atoms with Crippen molar-refractivity contribution in [3.8, 4) is 5.75 Å². The molecule has 1 N–H and O–H groups in total. The summed E-state index contributed by atoms with van der Waals surface area (Å²) in [7, 11) is 1.64. The largest absolute Gasteiger partial charge is 0.497 e. The van der Waals surface area contributed by atoms with Gasteiger partial charge in [0.1, 0.15) is 11.3 Å². The van der Waals surface area contributed by atoms with Crippen LogP contribution in [0.5, 0.6) is 5.75 Å². The Morgan fingerprint density at radius 3 is 2.38 bits per heavy atom. The standard InChI is InChI=1S/C17H27NO3/c1-6-13(3)18-17(4,16(19)21-7-2)12-14-8-10-15(20-5)11-9-14/h8-11,13,18H,6-7,12H2,1-5H3. The molecule has 0 fully saturated rings. The topological polar surface area (TPSA) is 47.6 Å². The highest BCUT2D eigenvalue weighted by Crippen LogP contribution is 2.19. The number of esters is 1. The van der Waals surface area contributed by atoms with Crippen molar-refractivity contribution in [3.63, 3.8) is 0 Å². The molecule has 118 valence electrons. The minimum atomic E-state index is -0.722. The number of hydrogen-bond acceptors (Lipinski definition) is 4. The maximum absolute atomic E-state index is 12.3. The summed E-state index contributed by atoms with van der Waals surface area (Å²) in [5.74, 6) is 0.604. The first-order chi connectivity index (χ1) is 9.95. The minimum Gasteiger partial charge on any atom is -0.497 e. The summed E-state index contributed by atoms with van der Waals surface area (Å²) >= 11 is 0. The highest BCUT2D eigenvalue weighted by atomic mass is 16.5. The fourth-order valence-corrected chi connectivity index (χ4v) is 2.27. The van der Waals surface area contributed by atoms with E-state index in [0.29, 0.717) is 13.0 Å². The molecule has 0 aliphatic carbocycles. The number of ether oxygens (including phenoxy) is 2. The van der Waals surface area contributed by atoms with Crippen LogP contribution in [0.3, 0.4) is 0 Å². The Kier molecular flexibility index (Phi) is 6.69. The number of benzene rings is 1. The Bertz CT molecular complexity index is 444. The summed E-state index contributed by atoms with van der Waals surface area (Å²) in [6.07, 6.45) is 1.54. The molecular weight excluding hydrogens is 266 g/mol. The number of carbonyl (C=O) groups excluding carboxylic acids is 1. The second-order valence-electron chi connectivity index (χ2n) is 5.53. The van der Waals surface area contributed by atoms with E-state index < -0.39 is 5.54 Å². The monoisotopic (exact) mass is 293 g/mol. The number of rotatable bonds is 8. The van der Waals surface area contributed by atoms with Crippen LogP contribution < -0.4 is 10.1 Å². The summed E-state index contributed by atoms with van der Waals surface area (Å²) < 4.78 is 10.4. The van der Waals surface area contributed by atoms with Crippen LogP contribution in [0.15, 0.2) is 24.3 Å². The third-order valence-electron chi connectivity index (χ3n) is 3.62. The lowest BCUT2D eigenvalue weighted by Gasteiger charge is -2.31. The van der Waals surface area contributed by atoms with E-state index >= 15 is 0 Å². The maximum Gasteiger partial charge on any atom is 0.326 e. The summed E-state index contributed by atoms with van der Waals surface area (Å²) in [6.45, 7) is 8.29. The lowest BCUT2D eigenvalue weighted by atomic mass is 9.91. The van der Waals surface area contributed by atoms with E-state index in [1.165, 1.54) is 0 Å². The first kappa shape index (κ1) is 17.5. The molecular formula is C17H27NO3. The summed E-state index contributed by atoms with van der Waals surface area (Å²) in [5, 5.41) is 3.40. The second-order valence-corrected chi connectivity index (χ2v) is 5.53. The molecule has 2 atom stereocenters. The first-order valence-electron chi connectivity index (χ1n) is 7.53. The van der Waals surface area contributed by atoms with Gasteiger partial charge in [0.2, 0.25) is 0 Å². The van der Waals surface area contributed by atoms with Crippen LogP contribution in [0.25, 0.3) is 0 Å².